The van der Waals surface area contributed by atoms with Crippen molar-refractivity contribution in [3.05, 3.63) is 40.3 Å². The Morgan fingerprint density at radius 3 is 2.82 bits per heavy atom. The molecule has 0 bridgehead atoms. The molecule has 0 aliphatic heterocycles. The van der Waals surface area contributed by atoms with Gasteiger partial charge in [-0.25, -0.2) is 4.98 Å². The van der Waals surface area contributed by atoms with Crippen LogP contribution in [-0.2, 0) is 0 Å². The van der Waals surface area contributed by atoms with E-state index in [2.05, 4.69) is 20.5 Å². The Labute approximate surface area is 137 Å². The maximum Gasteiger partial charge on any atom is 0.262 e. The number of hydrogen-bond donors (Lipinski definition) is 1. The molecule has 1 saturated carbocycles. The molecule has 0 radical (unpaired) electrons. The second kappa shape index (κ2) is 6.06. The minimum atomic E-state index is -0.283. The molecule has 1 amide bonds. The normalized spacial score (nSPS) is 13.8. The summed E-state index contributed by atoms with van der Waals surface area (Å²) >= 11 is 11.9. The van der Waals surface area contributed by atoms with Gasteiger partial charge in [0.25, 0.3) is 5.91 Å². The molecule has 0 atom stereocenters. The first-order valence-electron chi connectivity index (χ1n) is 6.74. The Morgan fingerprint density at radius 2 is 2.14 bits per heavy atom. The monoisotopic (exact) mass is 337 g/mol. The van der Waals surface area contributed by atoms with Crippen LogP contribution < -0.4 is 10.2 Å². The van der Waals surface area contributed by atoms with Crippen molar-refractivity contribution in [3.63, 3.8) is 0 Å². The average Bonchev–Trinajstić information content (AvgIpc) is 3.32. The van der Waals surface area contributed by atoms with Crippen LogP contribution in [0.25, 0.3) is 0 Å². The fourth-order valence-corrected chi connectivity index (χ4v) is 2.37. The van der Waals surface area contributed by atoms with Gasteiger partial charge in [-0.1, -0.05) is 23.2 Å². The summed E-state index contributed by atoms with van der Waals surface area (Å²) in [7, 11) is 1.63. The van der Waals surface area contributed by atoms with Crippen molar-refractivity contribution in [3.8, 4) is 0 Å². The van der Waals surface area contributed by atoms with Gasteiger partial charge in [0.05, 0.1) is 11.3 Å². The highest BCUT2D eigenvalue weighted by molar-refractivity contribution is 6.33. The lowest BCUT2D eigenvalue weighted by molar-refractivity contribution is 0.0993. The van der Waals surface area contributed by atoms with Gasteiger partial charge < -0.3 is 10.2 Å². The summed E-state index contributed by atoms with van der Waals surface area (Å²) in [6.45, 7) is 0. The highest BCUT2D eigenvalue weighted by Crippen LogP contribution is 2.28. The average molecular weight is 338 g/mol. The number of hydrogen-bond acceptors (Lipinski definition) is 5. The molecular weight excluding hydrogens is 325 g/mol. The summed E-state index contributed by atoms with van der Waals surface area (Å²) in [5.74, 6) is 0.151. The number of amides is 1. The molecule has 0 aromatic carbocycles. The van der Waals surface area contributed by atoms with Gasteiger partial charge in [-0.3, -0.25) is 4.79 Å². The Bertz CT molecular complexity index is 720. The summed E-state index contributed by atoms with van der Waals surface area (Å²) in [6, 6.07) is 5.28. The number of anilines is 2. The Balaban J connectivity index is 1.93. The van der Waals surface area contributed by atoms with E-state index in [1.54, 1.807) is 25.4 Å². The van der Waals surface area contributed by atoms with Gasteiger partial charge in [-0.2, -0.15) is 0 Å². The number of nitrogens with one attached hydrogen (secondary N) is 1. The van der Waals surface area contributed by atoms with Crippen molar-refractivity contribution < 1.29 is 4.79 Å². The van der Waals surface area contributed by atoms with Crippen LogP contribution in [0, 0.1) is 0 Å². The number of nitrogens with zero attached hydrogens (tertiary/aromatic N) is 4. The van der Waals surface area contributed by atoms with E-state index in [0.717, 1.165) is 12.8 Å². The molecule has 2 heterocycles. The topological polar surface area (TPSA) is 71.0 Å². The zero-order chi connectivity index (χ0) is 15.7. The molecule has 1 aliphatic carbocycles. The summed E-state index contributed by atoms with van der Waals surface area (Å²) in [5.41, 5.74) is 0.869. The van der Waals surface area contributed by atoms with Crippen LogP contribution in [0.4, 0.5) is 11.5 Å². The molecule has 0 spiro atoms. The van der Waals surface area contributed by atoms with Crippen LogP contribution in [-0.4, -0.2) is 34.2 Å². The zero-order valence-electron chi connectivity index (χ0n) is 11.8. The van der Waals surface area contributed by atoms with E-state index in [4.69, 9.17) is 23.2 Å². The van der Waals surface area contributed by atoms with Gasteiger partial charge in [-0.05, 0) is 31.0 Å². The third-order valence-electron chi connectivity index (χ3n) is 3.32. The molecule has 22 heavy (non-hydrogen) atoms. The predicted molar refractivity (Wildman–Crippen MR) is 85.7 cm³/mol. The molecule has 2 aromatic heterocycles. The molecule has 6 nitrogen and oxygen atoms in total. The first-order chi connectivity index (χ1) is 10.6. The maximum atomic E-state index is 12.7. The van der Waals surface area contributed by atoms with Gasteiger partial charge in [-0.15, -0.1) is 10.2 Å². The third kappa shape index (κ3) is 3.13. The van der Waals surface area contributed by atoms with Crippen LogP contribution >= 0.6 is 23.2 Å². The molecule has 2 aromatic rings. The molecular formula is C14H13Cl2N5O. The Hall–Kier alpha value is -1.92. The number of halogens is 2. The van der Waals surface area contributed by atoms with Gasteiger partial charge in [0.1, 0.15) is 0 Å². The van der Waals surface area contributed by atoms with Crippen molar-refractivity contribution >= 4 is 40.6 Å². The number of pyridine rings is 1. The summed E-state index contributed by atoms with van der Waals surface area (Å²) in [4.78, 5) is 18.1. The minimum Gasteiger partial charge on any atom is -0.365 e. The van der Waals surface area contributed by atoms with E-state index >= 15 is 0 Å². The lowest BCUT2D eigenvalue weighted by Crippen LogP contribution is -2.28. The minimum absolute atomic E-state index is 0.162. The summed E-state index contributed by atoms with van der Waals surface area (Å²) in [5, 5.41) is 11.4. The number of rotatable bonds is 4. The van der Waals surface area contributed by atoms with Crippen LogP contribution in [0.2, 0.25) is 10.3 Å². The smallest absolute Gasteiger partial charge is 0.262 e. The molecule has 1 aliphatic rings. The quantitative estimate of drug-likeness (QED) is 0.868. The highest BCUT2D eigenvalue weighted by atomic mass is 35.5. The van der Waals surface area contributed by atoms with Gasteiger partial charge in [0.2, 0.25) is 0 Å². The highest BCUT2D eigenvalue weighted by Gasteiger charge is 2.26. The standard InChI is InChI=1S/C14H13Cl2N5O/c1-21(10-3-2-6-17-12(10)16)14(22)9-7-11(15)19-20-13(9)18-8-4-5-8/h2-3,6-8H,4-5H2,1H3,(H,18,20). The second-order valence-corrected chi connectivity index (χ2v) is 5.77. The van der Waals surface area contributed by atoms with Crippen molar-refractivity contribution in [1.29, 1.82) is 0 Å². The van der Waals surface area contributed by atoms with Gasteiger partial charge in [0, 0.05) is 19.3 Å². The van der Waals surface area contributed by atoms with E-state index in [0.29, 0.717) is 23.1 Å². The number of aromatic nitrogens is 3. The summed E-state index contributed by atoms with van der Waals surface area (Å²) < 4.78 is 0. The van der Waals surface area contributed by atoms with Crippen molar-refractivity contribution in [2.24, 2.45) is 0 Å². The molecule has 8 heteroatoms. The molecule has 114 valence electrons. The maximum absolute atomic E-state index is 12.7. The Kier molecular flexibility index (Phi) is 4.13. The molecule has 1 N–H and O–H groups in total. The van der Waals surface area contributed by atoms with Crippen molar-refractivity contribution in [2.75, 3.05) is 17.3 Å². The fourth-order valence-electron chi connectivity index (χ4n) is 1.98. The summed E-state index contributed by atoms with van der Waals surface area (Å²) in [6.07, 6.45) is 3.68. The van der Waals surface area contributed by atoms with E-state index in [1.165, 1.54) is 11.0 Å². The first kappa shape index (κ1) is 15.0. The first-order valence-corrected chi connectivity index (χ1v) is 7.50. The number of carbonyl (C=O) groups is 1. The van der Waals surface area contributed by atoms with Crippen molar-refractivity contribution in [1.82, 2.24) is 15.2 Å². The van der Waals surface area contributed by atoms with E-state index < -0.39 is 0 Å². The van der Waals surface area contributed by atoms with E-state index in [1.807, 2.05) is 0 Å². The SMILES string of the molecule is CN(C(=O)c1cc(Cl)nnc1NC1CC1)c1cccnc1Cl. The van der Waals surface area contributed by atoms with E-state index in [-0.39, 0.29) is 16.2 Å². The molecule has 0 unspecified atom stereocenters. The molecule has 0 saturated heterocycles. The zero-order valence-corrected chi connectivity index (χ0v) is 13.3. The van der Waals surface area contributed by atoms with Crippen LogP contribution in [0.15, 0.2) is 24.4 Å². The number of carbonyl (C=O) groups excluding carboxylic acids is 1. The lowest BCUT2D eigenvalue weighted by Gasteiger charge is -2.19. The fraction of sp³-hybridized carbons (Fsp3) is 0.286. The van der Waals surface area contributed by atoms with Gasteiger partial charge in [0.15, 0.2) is 16.1 Å². The predicted octanol–water partition coefficient (Wildman–Crippen LogP) is 3.03. The van der Waals surface area contributed by atoms with Crippen LogP contribution in [0.1, 0.15) is 23.2 Å². The van der Waals surface area contributed by atoms with Crippen LogP contribution in [0.3, 0.4) is 0 Å². The van der Waals surface area contributed by atoms with Crippen LogP contribution in [0.5, 0.6) is 0 Å². The second-order valence-electron chi connectivity index (χ2n) is 5.03. The van der Waals surface area contributed by atoms with Crippen molar-refractivity contribution in [2.45, 2.75) is 18.9 Å². The van der Waals surface area contributed by atoms with E-state index in [9.17, 15) is 4.79 Å². The molecule has 1 fully saturated rings. The molecule has 3 rings (SSSR count). The third-order valence-corrected chi connectivity index (χ3v) is 3.79. The largest absolute Gasteiger partial charge is 0.365 e. The lowest BCUT2D eigenvalue weighted by atomic mass is 10.2. The Morgan fingerprint density at radius 1 is 1.36 bits per heavy atom. The van der Waals surface area contributed by atoms with Gasteiger partial charge >= 0.3 is 0 Å².